The van der Waals surface area contributed by atoms with Crippen LogP contribution in [-0.2, 0) is 4.79 Å². The summed E-state index contributed by atoms with van der Waals surface area (Å²) in [5.74, 6) is -0.327. The van der Waals surface area contributed by atoms with Crippen molar-refractivity contribution in [3.8, 4) is 22.8 Å². The molecule has 5 nitrogen and oxygen atoms in total. The number of amides is 1. The predicted molar refractivity (Wildman–Crippen MR) is 78.4 cm³/mol. The number of thiazole rings is 1. The van der Waals surface area contributed by atoms with Gasteiger partial charge in [-0.2, -0.15) is 11.3 Å². The molecule has 0 saturated carbocycles. The summed E-state index contributed by atoms with van der Waals surface area (Å²) in [6.07, 6.45) is 0. The molecule has 0 saturated heterocycles. The fourth-order valence-electron chi connectivity index (χ4n) is 1.43. The molecular formula is C14H15LiN2O3S. The van der Waals surface area contributed by atoms with E-state index in [1.807, 2.05) is 0 Å². The van der Waals surface area contributed by atoms with E-state index in [0.29, 0.717) is 16.4 Å². The molecule has 21 heavy (non-hydrogen) atoms. The fourth-order valence-corrected chi connectivity index (χ4v) is 2.11. The number of aromatic hydroxyl groups is 2. The van der Waals surface area contributed by atoms with Crippen LogP contribution in [0.1, 0.15) is 20.8 Å². The van der Waals surface area contributed by atoms with Crippen molar-refractivity contribution in [2.45, 2.75) is 20.8 Å². The van der Waals surface area contributed by atoms with Crippen LogP contribution in [0.15, 0.2) is 23.6 Å². The summed E-state index contributed by atoms with van der Waals surface area (Å²) in [4.78, 5) is 16.0. The first-order chi connectivity index (χ1) is 9.27. The molecule has 1 aromatic carbocycles. The van der Waals surface area contributed by atoms with E-state index >= 15 is 0 Å². The van der Waals surface area contributed by atoms with Crippen LogP contribution in [-0.4, -0.2) is 21.1 Å². The van der Waals surface area contributed by atoms with Gasteiger partial charge in [0.2, 0.25) is 0 Å². The van der Waals surface area contributed by atoms with Gasteiger partial charge in [0, 0.05) is 22.2 Å². The molecule has 0 aliphatic rings. The van der Waals surface area contributed by atoms with Crippen LogP contribution < -0.4 is 18.9 Å². The number of hydrogen-bond donors (Lipinski definition) is 2. The SMILES string of the molecule is CC(C)(C)C(=O)[N-]c1nc(-c2ccc(O)cc2O)cs1.[Li+]. The van der Waals surface area contributed by atoms with Crippen molar-refractivity contribution < 1.29 is 33.9 Å². The molecule has 0 fully saturated rings. The quantitative estimate of drug-likeness (QED) is 0.803. The number of phenols is 2. The third-order valence-electron chi connectivity index (χ3n) is 2.59. The number of phenolic OH excluding ortho intramolecular Hbond substituents is 2. The van der Waals surface area contributed by atoms with Gasteiger partial charge in [-0.25, -0.2) is 0 Å². The second-order valence-electron chi connectivity index (χ2n) is 5.38. The van der Waals surface area contributed by atoms with Gasteiger partial charge in [-0.15, -0.1) is 0 Å². The van der Waals surface area contributed by atoms with E-state index in [2.05, 4.69) is 10.3 Å². The minimum absolute atomic E-state index is 0. The summed E-state index contributed by atoms with van der Waals surface area (Å²) in [5, 5.41) is 25.1. The largest absolute Gasteiger partial charge is 1.00 e. The number of benzene rings is 1. The van der Waals surface area contributed by atoms with Crippen LogP contribution in [0.5, 0.6) is 11.5 Å². The maximum Gasteiger partial charge on any atom is 1.00 e. The molecule has 2 rings (SSSR count). The van der Waals surface area contributed by atoms with Crippen molar-refractivity contribution in [1.29, 1.82) is 0 Å². The van der Waals surface area contributed by atoms with Crippen molar-refractivity contribution in [3.05, 3.63) is 28.9 Å². The Labute approximate surface area is 139 Å². The van der Waals surface area contributed by atoms with Gasteiger partial charge in [-0.3, -0.25) is 4.79 Å². The summed E-state index contributed by atoms with van der Waals surface area (Å²) in [7, 11) is 0. The van der Waals surface area contributed by atoms with Crippen LogP contribution in [0.4, 0.5) is 5.13 Å². The minimum atomic E-state index is -0.549. The number of hydrogen-bond acceptors (Lipinski definition) is 5. The Balaban J connectivity index is 0.00000220. The van der Waals surface area contributed by atoms with Gasteiger partial charge in [-0.05, 0) is 23.2 Å². The van der Waals surface area contributed by atoms with Crippen LogP contribution in [0.2, 0.25) is 0 Å². The molecule has 0 aliphatic heterocycles. The molecule has 0 unspecified atom stereocenters. The van der Waals surface area contributed by atoms with Crippen LogP contribution >= 0.6 is 11.3 Å². The minimum Gasteiger partial charge on any atom is -0.508 e. The smallest absolute Gasteiger partial charge is 0.508 e. The Morgan fingerprint density at radius 3 is 2.52 bits per heavy atom. The monoisotopic (exact) mass is 298 g/mol. The van der Waals surface area contributed by atoms with Gasteiger partial charge in [0.25, 0.3) is 0 Å². The van der Waals surface area contributed by atoms with Gasteiger partial charge >= 0.3 is 18.9 Å². The first-order valence-electron chi connectivity index (χ1n) is 6.01. The first kappa shape index (κ1) is 17.6. The standard InChI is InChI=1S/C14H16N2O3S.Li/c1-14(2,3)12(19)16-13-15-10(7-20-13)9-5-4-8(17)6-11(9)18;/h4-7H,1-3H3,(H3,15,16,17,18,19);/q;+1/p-1. The Bertz CT molecular complexity index is 650. The maximum absolute atomic E-state index is 11.8. The number of carbonyl (C=O) groups is 1. The molecule has 0 radical (unpaired) electrons. The topological polar surface area (TPSA) is 84.5 Å². The molecule has 2 N–H and O–H groups in total. The summed E-state index contributed by atoms with van der Waals surface area (Å²) < 4.78 is 0. The van der Waals surface area contributed by atoms with Crippen molar-refractivity contribution in [1.82, 2.24) is 4.98 Å². The molecule has 0 spiro atoms. The average Bonchev–Trinajstić information content (AvgIpc) is 2.76. The average molecular weight is 298 g/mol. The first-order valence-corrected chi connectivity index (χ1v) is 6.89. The maximum atomic E-state index is 11.8. The van der Waals surface area contributed by atoms with E-state index in [4.69, 9.17) is 0 Å². The van der Waals surface area contributed by atoms with E-state index in [0.717, 1.165) is 0 Å². The van der Waals surface area contributed by atoms with Crippen molar-refractivity contribution in [2.75, 3.05) is 0 Å². The molecule has 1 aromatic heterocycles. The van der Waals surface area contributed by atoms with Gasteiger partial charge < -0.3 is 20.5 Å². The molecule has 106 valence electrons. The molecule has 0 atom stereocenters. The molecule has 7 heteroatoms. The van der Waals surface area contributed by atoms with E-state index in [1.165, 1.54) is 23.5 Å². The Kier molecular flexibility index (Phi) is 5.46. The Hall–Kier alpha value is -1.48. The normalized spacial score (nSPS) is 10.8. The Morgan fingerprint density at radius 1 is 1.29 bits per heavy atom. The zero-order chi connectivity index (χ0) is 14.9. The molecular weight excluding hydrogens is 283 g/mol. The summed E-state index contributed by atoms with van der Waals surface area (Å²) >= 11 is 1.23. The number of rotatable bonds is 2. The molecule has 0 bridgehead atoms. The predicted octanol–water partition coefficient (Wildman–Crippen LogP) is 0.803. The van der Waals surface area contributed by atoms with Crippen molar-refractivity contribution in [2.24, 2.45) is 5.41 Å². The van der Waals surface area contributed by atoms with Gasteiger partial charge in [0.05, 0.1) is 0 Å². The Morgan fingerprint density at radius 2 is 1.95 bits per heavy atom. The summed E-state index contributed by atoms with van der Waals surface area (Å²) in [5.41, 5.74) is 0.462. The van der Waals surface area contributed by atoms with Crippen LogP contribution in [0.25, 0.3) is 16.6 Å². The third kappa shape index (κ3) is 4.24. The number of aromatic nitrogens is 1. The van der Waals surface area contributed by atoms with E-state index in [-0.39, 0.29) is 36.3 Å². The number of carbonyl (C=O) groups excluding carboxylic acids is 1. The van der Waals surface area contributed by atoms with Gasteiger partial charge in [-0.1, -0.05) is 20.8 Å². The van der Waals surface area contributed by atoms with Crippen molar-refractivity contribution >= 4 is 22.4 Å². The molecule has 0 aliphatic carbocycles. The van der Waals surface area contributed by atoms with Crippen LogP contribution in [0, 0.1) is 5.41 Å². The fraction of sp³-hybridized carbons (Fsp3) is 0.286. The van der Waals surface area contributed by atoms with E-state index < -0.39 is 5.41 Å². The summed E-state index contributed by atoms with van der Waals surface area (Å²) in [6, 6.07) is 4.27. The van der Waals surface area contributed by atoms with Gasteiger partial charge in [0.1, 0.15) is 11.5 Å². The second kappa shape index (κ2) is 6.52. The second-order valence-corrected chi connectivity index (χ2v) is 6.22. The third-order valence-corrected chi connectivity index (χ3v) is 3.32. The molecule has 1 amide bonds. The van der Waals surface area contributed by atoms with Crippen molar-refractivity contribution in [3.63, 3.8) is 0 Å². The summed E-state index contributed by atoms with van der Waals surface area (Å²) in [6.45, 7) is 5.37. The zero-order valence-corrected chi connectivity index (χ0v) is 13.2. The zero-order valence-electron chi connectivity index (χ0n) is 12.4. The van der Waals surface area contributed by atoms with Crippen LogP contribution in [0.3, 0.4) is 0 Å². The van der Waals surface area contributed by atoms with E-state index in [9.17, 15) is 15.0 Å². The molecule has 2 aromatic rings. The van der Waals surface area contributed by atoms with E-state index in [1.54, 1.807) is 32.2 Å². The number of nitrogens with zero attached hydrogens (tertiary/aromatic N) is 2. The molecule has 1 heterocycles. The van der Waals surface area contributed by atoms with Gasteiger partial charge in [0.15, 0.2) is 5.91 Å².